The third-order valence-electron chi connectivity index (χ3n) is 5.34. The Balaban J connectivity index is 1.77. The quantitative estimate of drug-likeness (QED) is 0.169. The lowest BCUT2D eigenvalue weighted by Gasteiger charge is -2.17. The van der Waals surface area contributed by atoms with Crippen molar-refractivity contribution in [1.29, 1.82) is 0 Å². The van der Waals surface area contributed by atoms with Crippen molar-refractivity contribution in [2.45, 2.75) is 26.2 Å². The fourth-order valence-electron chi connectivity index (χ4n) is 3.67. The molecule has 2 aromatic carbocycles. The molecular formula is C24H22N5O4S-. The zero-order chi connectivity index (χ0) is 24.6. The number of nitrogens with one attached hydrogen (secondary N) is 2. The number of Topliss-reactive ketones (excluding diaryl/α,β-unsaturated/α-hetero) is 2. The summed E-state index contributed by atoms with van der Waals surface area (Å²) in [6.45, 7) is 5.91. The van der Waals surface area contributed by atoms with Crippen LogP contribution in [0.25, 0.3) is 6.08 Å². The molecule has 3 aromatic rings. The molecule has 9 nitrogen and oxygen atoms in total. The van der Waals surface area contributed by atoms with Crippen molar-refractivity contribution in [2.24, 2.45) is 10.7 Å². The third-order valence-corrected chi connectivity index (χ3v) is 5.74. The van der Waals surface area contributed by atoms with Crippen LogP contribution in [0.1, 0.15) is 58.3 Å². The van der Waals surface area contributed by atoms with Gasteiger partial charge in [0, 0.05) is 44.6 Å². The number of hydrogen-bond acceptors (Lipinski definition) is 6. The molecule has 0 spiro atoms. The van der Waals surface area contributed by atoms with E-state index in [1.807, 2.05) is 20.8 Å². The Kier molecular flexibility index (Phi) is 6.03. The minimum atomic E-state index is -2.43. The second-order valence-corrected chi connectivity index (χ2v) is 9.43. The van der Waals surface area contributed by atoms with Crippen LogP contribution in [0, 0.1) is 0 Å². The smallest absolute Gasteiger partial charge is 0.197 e. The lowest BCUT2D eigenvalue weighted by atomic mass is 9.88. The summed E-state index contributed by atoms with van der Waals surface area (Å²) in [4.78, 5) is 30.3. The van der Waals surface area contributed by atoms with Crippen molar-refractivity contribution in [3.8, 4) is 0 Å². The van der Waals surface area contributed by atoms with E-state index in [1.54, 1.807) is 48.5 Å². The maximum Gasteiger partial charge on any atom is 0.197 e. The van der Waals surface area contributed by atoms with E-state index >= 15 is 0 Å². The molecule has 0 saturated carbocycles. The number of aromatic nitrogens is 2. The van der Waals surface area contributed by atoms with Gasteiger partial charge in [-0.05, 0) is 30.3 Å². The number of rotatable bonds is 5. The van der Waals surface area contributed by atoms with E-state index in [-0.39, 0.29) is 34.2 Å². The minimum Gasteiger partial charge on any atom is -0.755 e. The highest BCUT2D eigenvalue weighted by atomic mass is 32.2. The van der Waals surface area contributed by atoms with Gasteiger partial charge in [-0.3, -0.25) is 18.9 Å². The molecule has 1 atom stereocenters. The standard InChI is InChI=1S/C24H23N5O4S/c1-24(2,3)21-18(12-17-19(30)15-6-4-5-7-16(15)20(17)31)23(28-27-21)26-22(25)13-8-10-14(11-9-13)29-34(32)33/h4-12,29H,1-3H3,(H,32,33)(H3,25,26,27,28)/p-1. The molecule has 0 amide bonds. The van der Waals surface area contributed by atoms with E-state index in [0.29, 0.717) is 33.6 Å². The predicted molar refractivity (Wildman–Crippen MR) is 130 cm³/mol. The van der Waals surface area contributed by atoms with Gasteiger partial charge in [0.25, 0.3) is 0 Å². The number of allylic oxidation sites excluding steroid dienone is 1. The number of aliphatic imine (C=N–C) groups is 1. The van der Waals surface area contributed by atoms with Gasteiger partial charge in [-0.2, -0.15) is 5.10 Å². The first-order valence-electron chi connectivity index (χ1n) is 10.4. The topological polar surface area (TPSA) is 153 Å². The summed E-state index contributed by atoms with van der Waals surface area (Å²) in [6, 6.07) is 13.0. The molecule has 34 heavy (non-hydrogen) atoms. The van der Waals surface area contributed by atoms with Gasteiger partial charge in [0.05, 0.1) is 11.3 Å². The highest BCUT2D eigenvalue weighted by Gasteiger charge is 2.34. The Hall–Kier alpha value is -3.89. The van der Waals surface area contributed by atoms with Crippen molar-refractivity contribution in [1.82, 2.24) is 10.2 Å². The van der Waals surface area contributed by atoms with E-state index in [2.05, 4.69) is 19.9 Å². The van der Waals surface area contributed by atoms with E-state index in [1.165, 1.54) is 6.08 Å². The number of fused-ring (bicyclic) bond motifs is 1. The monoisotopic (exact) mass is 476 g/mol. The second-order valence-electron chi connectivity index (χ2n) is 8.76. The Morgan fingerprint density at radius 3 is 2.21 bits per heavy atom. The number of aromatic amines is 1. The largest absolute Gasteiger partial charge is 0.755 e. The van der Waals surface area contributed by atoms with E-state index in [9.17, 15) is 18.4 Å². The Labute approximate surface area is 198 Å². The number of amidine groups is 1. The van der Waals surface area contributed by atoms with Crippen molar-refractivity contribution in [3.63, 3.8) is 0 Å². The SMILES string of the molecule is CC(C)(C)c1[nH]nc(N=C(N)c2ccc(NS(=O)[O-])cc2)c1C=C1C(=O)c2ccccc2C1=O. The summed E-state index contributed by atoms with van der Waals surface area (Å²) >= 11 is -2.43. The number of carbonyl (C=O) groups is 2. The zero-order valence-electron chi connectivity index (χ0n) is 18.7. The fraction of sp³-hybridized carbons (Fsp3) is 0.167. The van der Waals surface area contributed by atoms with E-state index < -0.39 is 11.3 Å². The predicted octanol–water partition coefficient (Wildman–Crippen LogP) is 3.41. The van der Waals surface area contributed by atoms with Crippen LogP contribution in [-0.4, -0.2) is 36.4 Å². The summed E-state index contributed by atoms with van der Waals surface area (Å²) in [5.74, 6) is -0.324. The average molecular weight is 477 g/mol. The molecule has 4 rings (SSSR count). The summed E-state index contributed by atoms with van der Waals surface area (Å²) in [7, 11) is 0. The van der Waals surface area contributed by atoms with Gasteiger partial charge in [-0.15, -0.1) is 0 Å². The van der Waals surface area contributed by atoms with Crippen molar-refractivity contribution in [2.75, 3.05) is 4.72 Å². The van der Waals surface area contributed by atoms with Crippen LogP contribution in [0.5, 0.6) is 0 Å². The van der Waals surface area contributed by atoms with Crippen LogP contribution in [0.15, 0.2) is 59.1 Å². The number of nitrogens with zero attached hydrogens (tertiary/aromatic N) is 2. The summed E-state index contributed by atoms with van der Waals surface area (Å²) in [6.07, 6.45) is 1.53. The minimum absolute atomic E-state index is 0.0455. The summed E-state index contributed by atoms with van der Waals surface area (Å²) in [5, 5.41) is 7.26. The lowest BCUT2D eigenvalue weighted by Crippen LogP contribution is -2.14. The molecule has 4 N–H and O–H groups in total. The van der Waals surface area contributed by atoms with Crippen LogP contribution in [0.4, 0.5) is 11.5 Å². The normalized spacial score (nSPS) is 14.8. The molecule has 0 saturated heterocycles. The number of H-pyrrole nitrogens is 1. The number of benzene rings is 2. The summed E-state index contributed by atoms with van der Waals surface area (Å²) < 4.78 is 23.8. The van der Waals surface area contributed by atoms with Gasteiger partial charge in [-0.1, -0.05) is 45.0 Å². The average Bonchev–Trinajstić information content (AvgIpc) is 3.28. The first-order chi connectivity index (χ1) is 16.1. The van der Waals surface area contributed by atoms with Gasteiger partial charge in [0.15, 0.2) is 17.4 Å². The fourth-order valence-corrected chi connectivity index (χ4v) is 4.00. The molecule has 1 heterocycles. The van der Waals surface area contributed by atoms with Gasteiger partial charge in [0.1, 0.15) is 5.84 Å². The van der Waals surface area contributed by atoms with E-state index in [0.717, 1.165) is 0 Å². The van der Waals surface area contributed by atoms with Crippen LogP contribution < -0.4 is 10.5 Å². The lowest BCUT2D eigenvalue weighted by molar-refractivity contribution is 0.0990. The van der Waals surface area contributed by atoms with Crippen molar-refractivity contribution in [3.05, 3.63) is 82.1 Å². The number of ketones is 2. The third kappa shape index (κ3) is 4.45. The van der Waals surface area contributed by atoms with Crippen molar-refractivity contribution < 1.29 is 18.4 Å². The molecule has 174 valence electrons. The molecule has 1 unspecified atom stereocenters. The highest BCUT2D eigenvalue weighted by molar-refractivity contribution is 7.80. The number of carbonyl (C=O) groups excluding carboxylic acids is 2. The van der Waals surface area contributed by atoms with Crippen LogP contribution in [0.2, 0.25) is 0 Å². The highest BCUT2D eigenvalue weighted by Crippen LogP contribution is 2.35. The van der Waals surface area contributed by atoms with Crippen LogP contribution in [0.3, 0.4) is 0 Å². The van der Waals surface area contributed by atoms with Gasteiger partial charge in [-0.25, -0.2) is 4.99 Å². The molecule has 0 bridgehead atoms. The maximum absolute atomic E-state index is 12.9. The Morgan fingerprint density at radius 1 is 1.09 bits per heavy atom. The molecule has 0 aliphatic heterocycles. The maximum atomic E-state index is 12.9. The number of nitrogens with two attached hydrogens (primary N) is 1. The van der Waals surface area contributed by atoms with Crippen molar-refractivity contribution >= 4 is 46.2 Å². The Morgan fingerprint density at radius 2 is 1.68 bits per heavy atom. The molecule has 10 heteroatoms. The number of anilines is 1. The van der Waals surface area contributed by atoms with Crippen LogP contribution in [-0.2, 0) is 16.7 Å². The van der Waals surface area contributed by atoms with Crippen LogP contribution >= 0.6 is 0 Å². The van der Waals surface area contributed by atoms with E-state index in [4.69, 9.17) is 5.73 Å². The molecule has 0 fully saturated rings. The second kappa shape index (κ2) is 8.81. The summed E-state index contributed by atoms with van der Waals surface area (Å²) in [5.41, 5.74) is 8.71. The Bertz CT molecular complexity index is 1340. The first-order valence-corrected chi connectivity index (χ1v) is 11.4. The molecule has 1 aliphatic carbocycles. The zero-order valence-corrected chi connectivity index (χ0v) is 19.5. The van der Waals surface area contributed by atoms with Gasteiger partial charge in [0.2, 0.25) is 0 Å². The van der Waals surface area contributed by atoms with Gasteiger partial charge >= 0.3 is 0 Å². The molecular weight excluding hydrogens is 454 g/mol. The first kappa shape index (κ1) is 23.3. The number of hydrogen-bond donors (Lipinski definition) is 3. The molecule has 0 radical (unpaired) electrons. The molecule has 1 aliphatic rings. The molecule has 1 aromatic heterocycles. The van der Waals surface area contributed by atoms with Gasteiger partial charge < -0.3 is 15.0 Å².